The summed E-state index contributed by atoms with van der Waals surface area (Å²) in [6.45, 7) is 1.24. The molecule has 0 radical (unpaired) electrons. The van der Waals surface area contributed by atoms with E-state index in [1.165, 1.54) is 21.3 Å². The highest BCUT2D eigenvalue weighted by Crippen LogP contribution is 2.12. The van der Waals surface area contributed by atoms with E-state index in [9.17, 15) is 9.59 Å². The molecule has 2 rings (SSSR count). The van der Waals surface area contributed by atoms with Gasteiger partial charge in [-0.1, -0.05) is 6.07 Å². The highest BCUT2D eigenvalue weighted by molar-refractivity contribution is 7.12. The number of carbonyl (C=O) groups is 2. The summed E-state index contributed by atoms with van der Waals surface area (Å²) in [7, 11) is 1.63. The molecule has 1 aliphatic heterocycles. The first kappa shape index (κ1) is 13.0. The molecule has 18 heavy (non-hydrogen) atoms. The maximum atomic E-state index is 11.9. The van der Waals surface area contributed by atoms with E-state index in [1.54, 1.807) is 13.1 Å². The molecular weight excluding hydrogens is 252 g/mol. The minimum absolute atomic E-state index is 0.0523. The van der Waals surface area contributed by atoms with Crippen molar-refractivity contribution in [2.75, 3.05) is 26.7 Å². The summed E-state index contributed by atoms with van der Waals surface area (Å²) < 4.78 is 0. The van der Waals surface area contributed by atoms with Crippen LogP contribution in [0.3, 0.4) is 0 Å². The van der Waals surface area contributed by atoms with Gasteiger partial charge in [0.05, 0.1) is 11.5 Å². The minimum Gasteiger partial charge on any atom is -0.332 e. The smallest absolute Gasteiger partial charge is 0.265 e. The lowest BCUT2D eigenvalue weighted by Gasteiger charge is -2.27. The number of likely N-dealkylation sites (N-methyl/N-ethyl adjacent to an activating group) is 1. The molecule has 0 bridgehead atoms. The number of rotatable bonds is 3. The Morgan fingerprint density at radius 1 is 1.50 bits per heavy atom. The first-order chi connectivity index (χ1) is 8.68. The van der Waals surface area contributed by atoms with E-state index in [2.05, 4.69) is 0 Å². The molecule has 0 aromatic carbocycles. The van der Waals surface area contributed by atoms with Gasteiger partial charge in [0.15, 0.2) is 0 Å². The number of hydrogen-bond acceptors (Lipinski definition) is 4. The third-order valence-corrected chi connectivity index (χ3v) is 3.59. The maximum Gasteiger partial charge on any atom is 0.265 e. The number of hydrogen-bond donors (Lipinski definition) is 0. The van der Waals surface area contributed by atoms with Crippen molar-refractivity contribution in [1.29, 1.82) is 0 Å². The van der Waals surface area contributed by atoms with Crippen LogP contribution in [0.5, 0.6) is 0 Å². The van der Waals surface area contributed by atoms with Crippen LogP contribution < -0.4 is 0 Å². The molecule has 1 fully saturated rings. The molecule has 0 aliphatic carbocycles. The Bertz CT molecular complexity index is 413. The molecule has 0 atom stereocenters. The highest BCUT2D eigenvalue weighted by atomic mass is 32.1. The monoisotopic (exact) mass is 268 g/mol. The van der Waals surface area contributed by atoms with Gasteiger partial charge in [-0.2, -0.15) is 0 Å². The van der Waals surface area contributed by atoms with Gasteiger partial charge in [-0.05, 0) is 24.3 Å². The fourth-order valence-electron chi connectivity index (χ4n) is 1.74. The van der Waals surface area contributed by atoms with Crippen molar-refractivity contribution >= 4 is 23.2 Å². The van der Waals surface area contributed by atoms with Gasteiger partial charge in [0, 0.05) is 13.6 Å². The molecule has 98 valence electrons. The van der Waals surface area contributed by atoms with E-state index in [0.29, 0.717) is 18.0 Å². The van der Waals surface area contributed by atoms with E-state index in [0.717, 1.165) is 12.8 Å². The minimum atomic E-state index is -0.165. The van der Waals surface area contributed by atoms with Gasteiger partial charge in [-0.25, -0.2) is 5.06 Å². The van der Waals surface area contributed by atoms with E-state index in [4.69, 9.17) is 4.84 Å². The zero-order chi connectivity index (χ0) is 13.0. The second-order valence-electron chi connectivity index (χ2n) is 4.17. The zero-order valence-electron chi connectivity index (χ0n) is 10.3. The first-order valence-corrected chi connectivity index (χ1v) is 6.78. The van der Waals surface area contributed by atoms with Crippen molar-refractivity contribution in [3.05, 3.63) is 22.4 Å². The van der Waals surface area contributed by atoms with Crippen molar-refractivity contribution < 1.29 is 14.4 Å². The standard InChI is InChI=1S/C12H16N2O3S/c1-13(12(16)10-5-4-8-18-10)9-11(15)14-6-2-3-7-17-14/h4-5,8H,2-3,6-7,9H2,1H3. The summed E-state index contributed by atoms with van der Waals surface area (Å²) in [6, 6.07) is 3.58. The molecule has 0 unspecified atom stereocenters. The van der Waals surface area contributed by atoms with Crippen LogP contribution in [-0.2, 0) is 9.63 Å². The molecule has 5 nitrogen and oxygen atoms in total. The Morgan fingerprint density at radius 2 is 2.33 bits per heavy atom. The van der Waals surface area contributed by atoms with Crippen LogP contribution in [0.15, 0.2) is 17.5 Å². The lowest BCUT2D eigenvalue weighted by Crippen LogP contribution is -2.43. The first-order valence-electron chi connectivity index (χ1n) is 5.91. The van der Waals surface area contributed by atoms with Gasteiger partial charge in [-0.15, -0.1) is 11.3 Å². The van der Waals surface area contributed by atoms with Crippen LogP contribution in [0.2, 0.25) is 0 Å². The predicted octanol–water partition coefficient (Wildman–Crippen LogP) is 1.37. The lowest BCUT2D eigenvalue weighted by molar-refractivity contribution is -0.197. The molecule has 6 heteroatoms. The summed E-state index contributed by atoms with van der Waals surface area (Å²) in [4.78, 5) is 31.2. The number of hydroxylamine groups is 2. The number of thiophene rings is 1. The van der Waals surface area contributed by atoms with Crippen LogP contribution in [0.4, 0.5) is 0 Å². The molecule has 2 amide bonds. The van der Waals surface area contributed by atoms with E-state index >= 15 is 0 Å². The van der Waals surface area contributed by atoms with Crippen LogP contribution in [0.1, 0.15) is 22.5 Å². The summed E-state index contributed by atoms with van der Waals surface area (Å²) in [6.07, 6.45) is 1.93. The molecule has 0 N–H and O–H groups in total. The third kappa shape index (κ3) is 3.08. The van der Waals surface area contributed by atoms with Crippen molar-refractivity contribution in [3.8, 4) is 0 Å². The van der Waals surface area contributed by atoms with Gasteiger partial charge < -0.3 is 4.90 Å². The molecule has 2 heterocycles. The SMILES string of the molecule is CN(CC(=O)N1CCCCO1)C(=O)c1cccs1. The Balaban J connectivity index is 1.88. The normalized spacial score (nSPS) is 15.5. The Labute approximate surface area is 110 Å². The zero-order valence-corrected chi connectivity index (χ0v) is 11.1. The third-order valence-electron chi connectivity index (χ3n) is 2.73. The highest BCUT2D eigenvalue weighted by Gasteiger charge is 2.22. The molecule has 0 saturated carbocycles. The summed E-state index contributed by atoms with van der Waals surface area (Å²) >= 11 is 1.37. The summed E-state index contributed by atoms with van der Waals surface area (Å²) in [5.41, 5.74) is 0. The molecule has 1 aliphatic rings. The Hall–Kier alpha value is -1.40. The Kier molecular flexibility index (Phi) is 4.33. The quantitative estimate of drug-likeness (QED) is 0.832. The van der Waals surface area contributed by atoms with Gasteiger partial charge >= 0.3 is 0 Å². The van der Waals surface area contributed by atoms with Crippen LogP contribution >= 0.6 is 11.3 Å². The molecule has 0 spiro atoms. The molecule has 1 aromatic heterocycles. The summed E-state index contributed by atoms with van der Waals surface area (Å²) in [5.74, 6) is -0.294. The van der Waals surface area contributed by atoms with E-state index in [1.807, 2.05) is 11.4 Å². The number of amides is 2. The molecular formula is C12H16N2O3S. The van der Waals surface area contributed by atoms with Crippen molar-refractivity contribution in [2.45, 2.75) is 12.8 Å². The second-order valence-corrected chi connectivity index (χ2v) is 5.12. The topological polar surface area (TPSA) is 49.9 Å². The average Bonchev–Trinajstić information content (AvgIpc) is 2.92. The largest absolute Gasteiger partial charge is 0.332 e. The number of carbonyl (C=O) groups excluding carboxylic acids is 2. The summed E-state index contributed by atoms with van der Waals surface area (Å²) in [5, 5.41) is 3.21. The maximum absolute atomic E-state index is 11.9. The van der Waals surface area contributed by atoms with Gasteiger partial charge in [0.25, 0.3) is 11.8 Å². The molecule has 1 saturated heterocycles. The van der Waals surface area contributed by atoms with E-state index in [-0.39, 0.29) is 18.4 Å². The van der Waals surface area contributed by atoms with Gasteiger partial charge in [0.2, 0.25) is 0 Å². The van der Waals surface area contributed by atoms with Crippen LogP contribution in [-0.4, -0.2) is 48.5 Å². The predicted molar refractivity (Wildman–Crippen MR) is 68.2 cm³/mol. The Morgan fingerprint density at radius 3 is 2.94 bits per heavy atom. The van der Waals surface area contributed by atoms with Gasteiger partial charge in [0.1, 0.15) is 6.54 Å². The van der Waals surface area contributed by atoms with E-state index < -0.39 is 0 Å². The van der Waals surface area contributed by atoms with Crippen LogP contribution in [0, 0.1) is 0 Å². The van der Waals surface area contributed by atoms with Crippen molar-refractivity contribution in [2.24, 2.45) is 0 Å². The van der Waals surface area contributed by atoms with Crippen molar-refractivity contribution in [1.82, 2.24) is 9.96 Å². The number of nitrogens with zero attached hydrogens (tertiary/aromatic N) is 2. The average molecular weight is 268 g/mol. The van der Waals surface area contributed by atoms with Gasteiger partial charge in [-0.3, -0.25) is 14.4 Å². The van der Waals surface area contributed by atoms with Crippen molar-refractivity contribution in [3.63, 3.8) is 0 Å². The van der Waals surface area contributed by atoms with Crippen LogP contribution in [0.25, 0.3) is 0 Å². The molecule has 1 aromatic rings. The lowest BCUT2D eigenvalue weighted by atomic mass is 10.3. The fourth-order valence-corrected chi connectivity index (χ4v) is 2.45. The second kappa shape index (κ2) is 5.97. The fraction of sp³-hybridized carbons (Fsp3) is 0.500.